The first-order valence-electron chi connectivity index (χ1n) is 5.32. The molecule has 0 bridgehead atoms. The van der Waals surface area contributed by atoms with Gasteiger partial charge in [0.2, 0.25) is 0 Å². The molecule has 2 N–H and O–H groups in total. The van der Waals surface area contributed by atoms with Gasteiger partial charge in [0.05, 0.1) is 11.7 Å². The van der Waals surface area contributed by atoms with E-state index in [2.05, 4.69) is 6.92 Å². The third-order valence-electron chi connectivity index (χ3n) is 2.36. The van der Waals surface area contributed by atoms with Crippen molar-refractivity contribution >= 4 is 5.97 Å². The van der Waals surface area contributed by atoms with Crippen LogP contribution in [0.5, 0.6) is 0 Å². The highest BCUT2D eigenvalue weighted by Gasteiger charge is 2.02. The molecule has 0 atom stereocenters. The van der Waals surface area contributed by atoms with Crippen molar-refractivity contribution in [1.29, 1.82) is 0 Å². The number of hydrogen-bond acceptors (Lipinski definition) is 3. The minimum atomic E-state index is -1.24. The molecule has 0 aromatic heterocycles. The van der Waals surface area contributed by atoms with E-state index < -0.39 is 5.97 Å². The number of hydrogen-bond donors (Lipinski definition) is 1. The zero-order valence-corrected chi connectivity index (χ0v) is 9.14. The Labute approximate surface area is 86.0 Å². The molecule has 0 fully saturated rings. The van der Waals surface area contributed by atoms with E-state index in [1.807, 2.05) is 6.92 Å². The average molecular weight is 198 g/mol. The lowest BCUT2D eigenvalue weighted by atomic mass is 10.0. The molecule has 82 valence electrons. The summed E-state index contributed by atoms with van der Waals surface area (Å²) in [7, 11) is 0. The predicted octanol–water partition coefficient (Wildman–Crippen LogP) is 1.33. The van der Waals surface area contributed by atoms with Gasteiger partial charge in [-0.1, -0.05) is 33.1 Å². The molecule has 0 amide bonds. The summed E-state index contributed by atoms with van der Waals surface area (Å²) in [4.78, 5) is 10.5. The van der Waals surface area contributed by atoms with E-state index in [-0.39, 0.29) is 5.70 Å². The monoisotopic (exact) mass is 198 g/mol. The molecule has 0 saturated heterocycles. The quantitative estimate of drug-likeness (QED) is 0.495. The molecule has 0 aromatic carbocycles. The molecular weight excluding hydrogens is 178 g/mol. The number of aliphatic carboxylic acids is 1. The molecule has 0 aliphatic carbocycles. The van der Waals surface area contributed by atoms with Crippen LogP contribution in [0.15, 0.2) is 11.3 Å². The molecular formula is C11H20NO2-. The third-order valence-corrected chi connectivity index (χ3v) is 2.36. The molecule has 0 rings (SSSR count). The van der Waals surface area contributed by atoms with E-state index in [0.717, 1.165) is 24.8 Å². The van der Waals surface area contributed by atoms with Crippen LogP contribution in [0.2, 0.25) is 0 Å². The Kier molecular flexibility index (Phi) is 6.89. The van der Waals surface area contributed by atoms with Crippen molar-refractivity contribution in [3.8, 4) is 0 Å². The van der Waals surface area contributed by atoms with Gasteiger partial charge in [-0.3, -0.25) is 0 Å². The van der Waals surface area contributed by atoms with E-state index in [4.69, 9.17) is 5.73 Å². The molecule has 0 radical (unpaired) electrons. The van der Waals surface area contributed by atoms with E-state index in [1.165, 1.54) is 12.8 Å². The maximum Gasteiger partial charge on any atom is 0.0872 e. The fraction of sp³-hybridized carbons (Fsp3) is 0.727. The second-order valence-electron chi connectivity index (χ2n) is 3.47. The summed E-state index contributed by atoms with van der Waals surface area (Å²) in [5, 5.41) is 10.5. The Balaban J connectivity index is 4.02. The zero-order valence-electron chi connectivity index (χ0n) is 9.14. The van der Waals surface area contributed by atoms with Gasteiger partial charge < -0.3 is 15.6 Å². The van der Waals surface area contributed by atoms with Gasteiger partial charge in [-0.05, 0) is 24.8 Å². The predicted molar refractivity (Wildman–Crippen MR) is 55.3 cm³/mol. The van der Waals surface area contributed by atoms with E-state index in [9.17, 15) is 9.90 Å². The van der Waals surface area contributed by atoms with Crippen molar-refractivity contribution in [2.45, 2.75) is 52.4 Å². The number of nitrogens with two attached hydrogens (primary N) is 1. The van der Waals surface area contributed by atoms with Crippen LogP contribution in [0.3, 0.4) is 0 Å². The van der Waals surface area contributed by atoms with Crippen molar-refractivity contribution in [3.63, 3.8) is 0 Å². The van der Waals surface area contributed by atoms with Crippen LogP contribution >= 0.6 is 0 Å². The topological polar surface area (TPSA) is 66.2 Å². The third kappa shape index (κ3) is 4.90. The maximum atomic E-state index is 10.5. The van der Waals surface area contributed by atoms with Crippen LogP contribution in [0.25, 0.3) is 0 Å². The highest BCUT2D eigenvalue weighted by Crippen LogP contribution is 2.14. The molecule has 0 saturated carbocycles. The molecule has 0 spiro atoms. The number of carbonyl (C=O) groups excluding carboxylic acids is 1. The number of carboxylic acid groups (broad SMARTS) is 1. The normalized spacial score (nSPS) is 12.4. The Morgan fingerprint density at radius 2 is 1.86 bits per heavy atom. The smallest absolute Gasteiger partial charge is 0.0872 e. The summed E-state index contributed by atoms with van der Waals surface area (Å²) in [6.07, 6.45) is 6.02. The largest absolute Gasteiger partial charge is 0.543 e. The SMILES string of the molecule is CCCCCC/C(CC)=C(/N)C(=O)[O-]. The lowest BCUT2D eigenvalue weighted by Crippen LogP contribution is -2.30. The minimum absolute atomic E-state index is 0.0657. The lowest BCUT2D eigenvalue weighted by molar-refractivity contribution is -0.299. The van der Waals surface area contributed by atoms with Crippen molar-refractivity contribution in [2.24, 2.45) is 5.73 Å². The summed E-state index contributed by atoms with van der Waals surface area (Å²) in [5.41, 5.74) is 6.16. The zero-order chi connectivity index (χ0) is 11.0. The van der Waals surface area contributed by atoms with Crippen molar-refractivity contribution in [2.75, 3.05) is 0 Å². The van der Waals surface area contributed by atoms with Gasteiger partial charge in [0.25, 0.3) is 0 Å². The molecule has 0 aliphatic rings. The number of unbranched alkanes of at least 4 members (excludes halogenated alkanes) is 3. The van der Waals surface area contributed by atoms with E-state index in [0.29, 0.717) is 6.42 Å². The fourth-order valence-electron chi connectivity index (χ4n) is 1.41. The second kappa shape index (κ2) is 7.42. The molecule has 0 aromatic rings. The molecule has 0 unspecified atom stereocenters. The van der Waals surface area contributed by atoms with Crippen molar-refractivity contribution in [3.05, 3.63) is 11.3 Å². The van der Waals surface area contributed by atoms with E-state index in [1.54, 1.807) is 0 Å². The number of carbonyl (C=O) groups is 1. The summed E-state index contributed by atoms with van der Waals surface area (Å²) in [5.74, 6) is -1.24. The minimum Gasteiger partial charge on any atom is -0.543 e. The summed E-state index contributed by atoms with van der Waals surface area (Å²) < 4.78 is 0. The van der Waals surface area contributed by atoms with Crippen LogP contribution < -0.4 is 10.8 Å². The van der Waals surface area contributed by atoms with Crippen molar-refractivity contribution in [1.82, 2.24) is 0 Å². The highest BCUT2D eigenvalue weighted by molar-refractivity contribution is 5.84. The number of carboxylic acids is 1. The molecule has 3 heteroatoms. The van der Waals surface area contributed by atoms with Gasteiger partial charge in [0.1, 0.15) is 0 Å². The fourth-order valence-corrected chi connectivity index (χ4v) is 1.41. The van der Waals surface area contributed by atoms with Crippen LogP contribution in [-0.4, -0.2) is 5.97 Å². The average Bonchev–Trinajstić information content (AvgIpc) is 2.17. The maximum absolute atomic E-state index is 10.5. The van der Waals surface area contributed by atoms with Gasteiger partial charge in [-0.2, -0.15) is 0 Å². The highest BCUT2D eigenvalue weighted by atomic mass is 16.4. The van der Waals surface area contributed by atoms with Gasteiger partial charge in [0, 0.05) is 0 Å². The van der Waals surface area contributed by atoms with Crippen LogP contribution in [0.4, 0.5) is 0 Å². The first-order valence-corrected chi connectivity index (χ1v) is 5.32. The first kappa shape index (κ1) is 13.0. The molecule has 3 nitrogen and oxygen atoms in total. The van der Waals surface area contributed by atoms with Gasteiger partial charge >= 0.3 is 0 Å². The Bertz CT molecular complexity index is 209. The second-order valence-corrected chi connectivity index (χ2v) is 3.47. The van der Waals surface area contributed by atoms with Crippen LogP contribution in [-0.2, 0) is 4.79 Å². The molecule has 0 heterocycles. The Hall–Kier alpha value is -0.990. The molecule has 14 heavy (non-hydrogen) atoms. The van der Waals surface area contributed by atoms with Crippen LogP contribution in [0, 0.1) is 0 Å². The first-order chi connectivity index (χ1) is 6.63. The standard InChI is InChI=1S/C11H21NO2/c1-3-5-6-7-8-9(4-2)10(12)11(13)14/h3-8,12H2,1-2H3,(H,13,14)/p-1/b10-9+. The summed E-state index contributed by atoms with van der Waals surface area (Å²) in [6, 6.07) is 0. The van der Waals surface area contributed by atoms with Crippen molar-refractivity contribution < 1.29 is 9.90 Å². The lowest BCUT2D eigenvalue weighted by Gasteiger charge is -2.10. The van der Waals surface area contributed by atoms with Gasteiger partial charge in [0.15, 0.2) is 0 Å². The number of allylic oxidation sites excluding steroid dienone is 1. The summed E-state index contributed by atoms with van der Waals surface area (Å²) in [6.45, 7) is 4.07. The van der Waals surface area contributed by atoms with Gasteiger partial charge in [-0.25, -0.2) is 0 Å². The summed E-state index contributed by atoms with van der Waals surface area (Å²) >= 11 is 0. The van der Waals surface area contributed by atoms with Gasteiger partial charge in [-0.15, -0.1) is 0 Å². The van der Waals surface area contributed by atoms with Crippen LogP contribution in [0.1, 0.15) is 52.4 Å². The Morgan fingerprint density at radius 1 is 1.21 bits per heavy atom. The number of rotatable bonds is 7. The molecule has 0 aliphatic heterocycles. The van der Waals surface area contributed by atoms with E-state index >= 15 is 0 Å². The Morgan fingerprint density at radius 3 is 2.29 bits per heavy atom.